The van der Waals surface area contributed by atoms with Crippen LogP contribution in [0.4, 0.5) is 4.79 Å². The Morgan fingerprint density at radius 2 is 1.67 bits per heavy atom. The van der Waals surface area contributed by atoms with Crippen LogP contribution in [0.5, 0.6) is 0 Å². The lowest BCUT2D eigenvalue weighted by molar-refractivity contribution is -0.296. The number of aliphatic hydroxyl groups excluding tert-OH is 2. The summed E-state index contributed by atoms with van der Waals surface area (Å²) in [6, 6.07) is 9.97. The first-order valence-electron chi connectivity index (χ1n) is 21.0. The largest absolute Gasteiger partial charge is 0.458 e. The number of ether oxygens (including phenoxy) is 5. The van der Waals surface area contributed by atoms with Gasteiger partial charge < -0.3 is 44.3 Å². The summed E-state index contributed by atoms with van der Waals surface area (Å²) in [6.45, 7) is 8.98. The van der Waals surface area contributed by atoms with Gasteiger partial charge >= 0.3 is 30.0 Å². The number of thiophene rings is 1. The lowest BCUT2D eigenvalue weighted by Gasteiger charge is -2.68. The molecule has 0 aliphatic heterocycles. The zero-order chi connectivity index (χ0) is 44.2. The number of hydrogen-bond donors (Lipinski definition) is 4. The standard InChI is InChI=1S/C45H55NO14S/c1-7-31(49)58-35-32-23(2)28(57-40(53)34(50)33(29-17-12-20-61-29)46-41(54)56-27-15-11-16-27)22-45(55,42(32,4)5)38(59-39(52)25-13-9-8-10-14-25)36-43(6,37(35)51)30(48)21-26-18-19-44(26,36)60-24(3)47/h8-10,12-14,17,20,26-28,30,33-36,38,48,50,55H,7,11,15-16,18-19,21-22H2,1-6H3,(H,46,54)/t26-,28+,30+,33+,34-,35-,36?,38+,43-,44+,45-/m1/s1. The second kappa shape index (κ2) is 16.6. The summed E-state index contributed by atoms with van der Waals surface area (Å²) >= 11 is 1.18. The van der Waals surface area contributed by atoms with Crippen molar-refractivity contribution in [1.29, 1.82) is 0 Å². The third-order valence-electron chi connectivity index (χ3n) is 14.3. The Labute approximate surface area is 358 Å². The Hall–Kier alpha value is -4.64. The molecule has 0 saturated heterocycles. The molecule has 2 bridgehead atoms. The number of benzene rings is 1. The van der Waals surface area contributed by atoms with E-state index >= 15 is 4.79 Å². The molecule has 4 fully saturated rings. The van der Waals surface area contributed by atoms with Crippen molar-refractivity contribution in [1.82, 2.24) is 5.32 Å². The molecule has 1 unspecified atom stereocenters. The molecule has 7 rings (SSSR count). The highest BCUT2D eigenvalue weighted by atomic mass is 32.1. The van der Waals surface area contributed by atoms with Gasteiger partial charge in [0.2, 0.25) is 0 Å². The SMILES string of the molecule is CCC(=O)O[C@H]1C(=O)[C@@]2(C)C([C@H](OC(=O)c3ccccc3)[C@]3(O)C[C@H](OC(=O)[C@H](O)[C@@H](NC(=O)OC4CCC4)c4cccs4)C(C)=C1C3(C)C)[C@]1(OC(C)=O)CC[C@@H]1C[C@@H]2O. The lowest BCUT2D eigenvalue weighted by Crippen LogP contribution is -2.78. The molecule has 2 aromatic rings. The molecule has 5 aliphatic carbocycles. The van der Waals surface area contributed by atoms with Crippen LogP contribution in [0.2, 0.25) is 0 Å². The number of nitrogens with one attached hydrogen (secondary N) is 1. The minimum absolute atomic E-state index is 0.0193. The van der Waals surface area contributed by atoms with Crippen molar-refractivity contribution in [2.24, 2.45) is 22.7 Å². The number of carbonyl (C=O) groups excluding carboxylic acids is 6. The maximum Gasteiger partial charge on any atom is 0.408 e. The summed E-state index contributed by atoms with van der Waals surface area (Å²) in [6.07, 6.45) is -7.16. The van der Waals surface area contributed by atoms with E-state index in [1.807, 2.05) is 0 Å². The highest BCUT2D eigenvalue weighted by Gasteiger charge is 2.77. The molecule has 61 heavy (non-hydrogen) atoms. The monoisotopic (exact) mass is 865 g/mol. The second-order valence-electron chi connectivity index (χ2n) is 17.9. The Bertz CT molecular complexity index is 2080. The molecule has 4 N–H and O–H groups in total. The molecule has 1 aromatic carbocycles. The van der Waals surface area contributed by atoms with E-state index in [1.165, 1.54) is 37.3 Å². The molecule has 1 amide bonds. The van der Waals surface area contributed by atoms with Crippen LogP contribution in [0.15, 0.2) is 59.0 Å². The normalized spacial score (nSPS) is 33.7. The summed E-state index contributed by atoms with van der Waals surface area (Å²) < 4.78 is 30.2. The minimum atomic E-state index is -2.33. The van der Waals surface area contributed by atoms with Crippen LogP contribution < -0.4 is 5.32 Å². The summed E-state index contributed by atoms with van der Waals surface area (Å²) in [5.74, 6) is -6.28. The highest BCUT2D eigenvalue weighted by Crippen LogP contribution is 2.67. The zero-order valence-electron chi connectivity index (χ0n) is 35.2. The van der Waals surface area contributed by atoms with Crippen LogP contribution in [-0.2, 0) is 42.9 Å². The Morgan fingerprint density at radius 3 is 2.25 bits per heavy atom. The number of alkyl carbamates (subject to hydrolysis) is 1. The van der Waals surface area contributed by atoms with Crippen LogP contribution in [0.25, 0.3) is 0 Å². The van der Waals surface area contributed by atoms with Crippen molar-refractivity contribution >= 4 is 47.1 Å². The number of aliphatic hydroxyl groups is 3. The maximum atomic E-state index is 15.6. The van der Waals surface area contributed by atoms with E-state index in [4.69, 9.17) is 23.7 Å². The minimum Gasteiger partial charge on any atom is -0.458 e. The van der Waals surface area contributed by atoms with Crippen LogP contribution in [-0.4, -0.2) is 98.9 Å². The summed E-state index contributed by atoms with van der Waals surface area (Å²) in [7, 11) is 0. The number of ketones is 1. The van der Waals surface area contributed by atoms with Gasteiger partial charge in [-0.2, -0.15) is 0 Å². The number of fused-ring (bicyclic) bond motifs is 5. The first-order valence-corrected chi connectivity index (χ1v) is 21.9. The van der Waals surface area contributed by atoms with Crippen molar-refractivity contribution < 1.29 is 67.8 Å². The van der Waals surface area contributed by atoms with Gasteiger partial charge in [-0.25, -0.2) is 14.4 Å². The Morgan fingerprint density at radius 1 is 0.967 bits per heavy atom. The van der Waals surface area contributed by atoms with Gasteiger partial charge in [0, 0.05) is 36.0 Å². The van der Waals surface area contributed by atoms with Gasteiger partial charge in [0.15, 0.2) is 18.0 Å². The van der Waals surface area contributed by atoms with Crippen LogP contribution in [0.3, 0.4) is 0 Å². The fraction of sp³-hybridized carbons (Fsp3) is 0.600. The van der Waals surface area contributed by atoms with E-state index < -0.39 is 113 Å². The number of esters is 4. The molecule has 4 saturated carbocycles. The van der Waals surface area contributed by atoms with Crippen LogP contribution in [0.1, 0.15) is 114 Å². The first-order chi connectivity index (χ1) is 28.8. The van der Waals surface area contributed by atoms with Crippen molar-refractivity contribution in [2.75, 3.05) is 0 Å². The second-order valence-corrected chi connectivity index (χ2v) is 18.9. The zero-order valence-corrected chi connectivity index (χ0v) is 36.0. The fourth-order valence-corrected chi connectivity index (χ4v) is 11.3. The summed E-state index contributed by atoms with van der Waals surface area (Å²) in [5, 5.41) is 41.8. The van der Waals surface area contributed by atoms with Crippen LogP contribution in [0, 0.1) is 22.7 Å². The van der Waals surface area contributed by atoms with Crippen molar-refractivity contribution in [3.05, 3.63) is 69.4 Å². The molecule has 5 aliphatic rings. The molecule has 16 heteroatoms. The van der Waals surface area contributed by atoms with E-state index in [0.717, 1.165) is 6.42 Å². The third-order valence-corrected chi connectivity index (χ3v) is 15.2. The van der Waals surface area contributed by atoms with Gasteiger partial charge in [0.1, 0.15) is 35.6 Å². The molecule has 0 spiro atoms. The van der Waals surface area contributed by atoms with Crippen molar-refractivity contribution in [3.63, 3.8) is 0 Å². The maximum absolute atomic E-state index is 15.6. The molecule has 0 radical (unpaired) electrons. The Balaban J connectivity index is 1.38. The molecule has 11 atom stereocenters. The van der Waals surface area contributed by atoms with Crippen molar-refractivity contribution in [3.8, 4) is 0 Å². The average Bonchev–Trinajstić information content (AvgIpc) is 3.74. The average molecular weight is 866 g/mol. The van der Waals surface area contributed by atoms with Crippen molar-refractivity contribution in [2.45, 2.75) is 147 Å². The molecule has 15 nitrogen and oxygen atoms in total. The van der Waals surface area contributed by atoms with E-state index in [-0.39, 0.29) is 42.1 Å². The number of amides is 1. The smallest absolute Gasteiger partial charge is 0.408 e. The summed E-state index contributed by atoms with van der Waals surface area (Å²) in [5.41, 5.74) is -7.09. The van der Waals surface area contributed by atoms with Gasteiger partial charge in [-0.3, -0.25) is 14.4 Å². The van der Waals surface area contributed by atoms with E-state index in [9.17, 15) is 39.3 Å². The number of Topliss-reactive ketones (excluding diaryl/α,β-unsaturated/α-hetero) is 1. The highest BCUT2D eigenvalue weighted by molar-refractivity contribution is 7.10. The van der Waals surface area contributed by atoms with Gasteiger partial charge in [-0.15, -0.1) is 11.3 Å². The molecule has 330 valence electrons. The van der Waals surface area contributed by atoms with E-state index in [0.29, 0.717) is 24.1 Å². The predicted octanol–water partition coefficient (Wildman–Crippen LogP) is 5.05. The molecular formula is C45H55NO14S. The quantitative estimate of drug-likeness (QED) is 0.132. The van der Waals surface area contributed by atoms with Gasteiger partial charge in [-0.05, 0) is 87.1 Å². The topological polar surface area (TPSA) is 221 Å². The molecule has 1 aromatic heterocycles. The number of hydrogen-bond acceptors (Lipinski definition) is 15. The van der Waals surface area contributed by atoms with Crippen LogP contribution >= 0.6 is 11.3 Å². The third kappa shape index (κ3) is 7.46. The predicted molar refractivity (Wildman–Crippen MR) is 217 cm³/mol. The number of rotatable bonds is 11. The number of carbonyl (C=O) groups is 6. The van der Waals surface area contributed by atoms with E-state index in [2.05, 4.69) is 5.32 Å². The first kappa shape index (κ1) is 44.4. The lowest BCUT2D eigenvalue weighted by atomic mass is 9.41. The molecule has 1 heterocycles. The summed E-state index contributed by atoms with van der Waals surface area (Å²) in [4.78, 5) is 83.9. The molecular weight excluding hydrogens is 811 g/mol. The van der Waals surface area contributed by atoms with Gasteiger partial charge in [-0.1, -0.05) is 45.0 Å². The fourth-order valence-electron chi connectivity index (χ4n) is 10.5. The van der Waals surface area contributed by atoms with E-state index in [1.54, 1.807) is 63.4 Å². The Kier molecular flexibility index (Phi) is 12.1. The van der Waals surface area contributed by atoms with Gasteiger partial charge in [0.05, 0.1) is 23.0 Å². The van der Waals surface area contributed by atoms with Gasteiger partial charge in [0.25, 0.3) is 0 Å².